The van der Waals surface area contributed by atoms with Gasteiger partial charge < -0.3 is 17.2 Å². The summed E-state index contributed by atoms with van der Waals surface area (Å²) < 4.78 is 0.771. The first-order valence-electron chi connectivity index (χ1n) is 4.30. The Labute approximate surface area is 107 Å². The summed E-state index contributed by atoms with van der Waals surface area (Å²) in [4.78, 5) is 7.58. The van der Waals surface area contributed by atoms with Gasteiger partial charge in [-0.3, -0.25) is 0 Å². The second kappa shape index (κ2) is 5.18. The topological polar surface area (TPSA) is 103 Å². The fourth-order valence-electron chi connectivity index (χ4n) is 1.00. The molecule has 1 aromatic rings. The lowest BCUT2D eigenvalue weighted by atomic mass is 10.2. The van der Waals surface area contributed by atoms with Crippen LogP contribution in [0.4, 0.5) is 5.69 Å². The molecule has 0 aliphatic carbocycles. The van der Waals surface area contributed by atoms with E-state index in [0.717, 1.165) is 10.0 Å². The predicted molar refractivity (Wildman–Crippen MR) is 71.0 cm³/mol. The van der Waals surface area contributed by atoms with Gasteiger partial charge in [0.25, 0.3) is 0 Å². The molecule has 1 rings (SSSR count). The van der Waals surface area contributed by atoms with E-state index in [1.54, 1.807) is 6.07 Å². The predicted octanol–water partition coefficient (Wildman–Crippen LogP) is 1.63. The van der Waals surface area contributed by atoms with Crippen LogP contribution in [0.2, 0.25) is 5.02 Å². The largest absolute Gasteiger partial charge is 0.370 e. The van der Waals surface area contributed by atoms with Crippen LogP contribution in [0.15, 0.2) is 26.6 Å². The van der Waals surface area contributed by atoms with Crippen LogP contribution in [0, 0.1) is 6.92 Å². The maximum atomic E-state index is 6.06. The average Bonchev–Trinajstić information content (AvgIpc) is 2.18. The molecule has 1 aromatic carbocycles. The summed E-state index contributed by atoms with van der Waals surface area (Å²) in [6.45, 7) is 1.92. The van der Waals surface area contributed by atoms with Gasteiger partial charge in [0, 0.05) is 4.47 Å². The van der Waals surface area contributed by atoms with E-state index in [9.17, 15) is 0 Å². The van der Waals surface area contributed by atoms with Gasteiger partial charge in [0.2, 0.25) is 5.96 Å². The van der Waals surface area contributed by atoms with E-state index in [2.05, 4.69) is 25.9 Å². The lowest BCUT2D eigenvalue weighted by molar-refractivity contribution is 1.35. The van der Waals surface area contributed by atoms with Crippen molar-refractivity contribution in [3.63, 3.8) is 0 Å². The van der Waals surface area contributed by atoms with E-state index in [4.69, 9.17) is 28.8 Å². The van der Waals surface area contributed by atoms with Gasteiger partial charge in [-0.1, -0.05) is 17.7 Å². The SMILES string of the molecule is Cc1ccc(N=C(N)N=C(N)N)c(Cl)c1Br. The third kappa shape index (κ3) is 3.11. The number of hydrogen-bond acceptors (Lipinski definition) is 1. The second-order valence-electron chi connectivity index (χ2n) is 3.04. The van der Waals surface area contributed by atoms with Crippen molar-refractivity contribution in [2.75, 3.05) is 0 Å². The second-order valence-corrected chi connectivity index (χ2v) is 4.21. The number of nitrogens with zero attached hydrogens (tertiary/aromatic N) is 2. The zero-order valence-electron chi connectivity index (χ0n) is 8.54. The number of halogens is 2. The number of aryl methyl sites for hydroxylation is 1. The molecule has 0 aliphatic heterocycles. The van der Waals surface area contributed by atoms with Gasteiger partial charge >= 0.3 is 0 Å². The molecule has 0 radical (unpaired) electrons. The van der Waals surface area contributed by atoms with Crippen molar-refractivity contribution in [3.8, 4) is 0 Å². The Bertz CT molecular complexity index is 465. The third-order valence-electron chi connectivity index (χ3n) is 1.73. The molecule has 0 amide bonds. The molecular weight excluding hydrogens is 293 g/mol. The minimum Gasteiger partial charge on any atom is -0.370 e. The molecular formula is C9H11BrClN5. The van der Waals surface area contributed by atoms with Crippen molar-refractivity contribution in [2.24, 2.45) is 27.2 Å². The summed E-state index contributed by atoms with van der Waals surface area (Å²) >= 11 is 9.40. The molecule has 0 aromatic heterocycles. The number of guanidine groups is 2. The van der Waals surface area contributed by atoms with Crippen molar-refractivity contribution < 1.29 is 0 Å². The van der Waals surface area contributed by atoms with Gasteiger partial charge in [0.15, 0.2) is 5.96 Å². The van der Waals surface area contributed by atoms with Crippen molar-refractivity contribution in [2.45, 2.75) is 6.92 Å². The highest BCUT2D eigenvalue weighted by molar-refractivity contribution is 9.10. The number of hydrogen-bond donors (Lipinski definition) is 3. The van der Waals surface area contributed by atoms with Gasteiger partial charge in [0.05, 0.1) is 10.7 Å². The normalized spacial score (nSPS) is 11.3. The molecule has 0 atom stereocenters. The smallest absolute Gasteiger partial charge is 0.223 e. The van der Waals surface area contributed by atoms with Crippen LogP contribution in [0.5, 0.6) is 0 Å². The van der Waals surface area contributed by atoms with E-state index in [0.29, 0.717) is 10.7 Å². The van der Waals surface area contributed by atoms with Gasteiger partial charge in [-0.2, -0.15) is 4.99 Å². The molecule has 86 valence electrons. The fraction of sp³-hybridized carbons (Fsp3) is 0.111. The van der Waals surface area contributed by atoms with Gasteiger partial charge in [-0.15, -0.1) is 0 Å². The van der Waals surface area contributed by atoms with Gasteiger partial charge in [-0.05, 0) is 34.5 Å². The maximum Gasteiger partial charge on any atom is 0.223 e. The van der Waals surface area contributed by atoms with Crippen molar-refractivity contribution >= 4 is 45.1 Å². The summed E-state index contributed by atoms with van der Waals surface area (Å²) in [5.41, 5.74) is 17.3. The molecule has 7 heteroatoms. The maximum absolute atomic E-state index is 6.06. The number of nitrogens with two attached hydrogens (primary N) is 3. The van der Waals surface area contributed by atoms with Crippen LogP contribution < -0.4 is 17.2 Å². The Morgan fingerprint density at radius 3 is 2.50 bits per heavy atom. The third-order valence-corrected chi connectivity index (χ3v) is 3.37. The minimum atomic E-state index is -0.149. The summed E-state index contributed by atoms with van der Waals surface area (Å²) in [5.74, 6) is -0.193. The molecule has 0 spiro atoms. The van der Waals surface area contributed by atoms with Crippen molar-refractivity contribution in [1.29, 1.82) is 0 Å². The molecule has 0 bridgehead atoms. The average molecular weight is 305 g/mol. The molecule has 0 heterocycles. The molecule has 5 nitrogen and oxygen atoms in total. The summed E-state index contributed by atoms with van der Waals surface area (Å²) in [5, 5.41) is 0.466. The molecule has 16 heavy (non-hydrogen) atoms. The molecule has 6 N–H and O–H groups in total. The van der Waals surface area contributed by atoms with E-state index < -0.39 is 0 Å². The van der Waals surface area contributed by atoms with Crippen LogP contribution in [0.25, 0.3) is 0 Å². The first-order chi connectivity index (χ1) is 7.41. The lowest BCUT2D eigenvalue weighted by Crippen LogP contribution is -2.26. The molecule has 0 aliphatic rings. The van der Waals surface area contributed by atoms with Crippen LogP contribution in [0.1, 0.15) is 5.56 Å². The molecule has 0 saturated heterocycles. The van der Waals surface area contributed by atoms with E-state index in [-0.39, 0.29) is 11.9 Å². The Morgan fingerprint density at radius 2 is 1.94 bits per heavy atom. The van der Waals surface area contributed by atoms with Crippen LogP contribution in [0.3, 0.4) is 0 Å². The quantitative estimate of drug-likeness (QED) is 0.542. The highest BCUT2D eigenvalue weighted by atomic mass is 79.9. The zero-order chi connectivity index (χ0) is 12.3. The standard InChI is InChI=1S/C9H11BrClN5/c1-4-2-3-5(7(11)6(4)10)15-9(14)16-8(12)13/h2-3H,1H3,(H6,12,13,14,15,16). The summed E-state index contributed by atoms with van der Waals surface area (Å²) in [6.07, 6.45) is 0. The first kappa shape index (κ1) is 12.8. The monoisotopic (exact) mass is 303 g/mol. The van der Waals surface area contributed by atoms with Crippen LogP contribution >= 0.6 is 27.5 Å². The van der Waals surface area contributed by atoms with E-state index >= 15 is 0 Å². The van der Waals surface area contributed by atoms with Crippen LogP contribution in [-0.2, 0) is 0 Å². The van der Waals surface area contributed by atoms with Crippen LogP contribution in [-0.4, -0.2) is 11.9 Å². The lowest BCUT2D eigenvalue weighted by Gasteiger charge is -2.04. The van der Waals surface area contributed by atoms with Crippen molar-refractivity contribution in [3.05, 3.63) is 27.2 Å². The Hall–Kier alpha value is -1.27. The van der Waals surface area contributed by atoms with E-state index in [1.165, 1.54) is 0 Å². The van der Waals surface area contributed by atoms with E-state index in [1.807, 2.05) is 13.0 Å². The minimum absolute atomic E-state index is 0.0438. The number of benzene rings is 1. The Morgan fingerprint density at radius 1 is 1.31 bits per heavy atom. The Balaban J connectivity index is 3.17. The molecule has 0 unspecified atom stereocenters. The number of rotatable bonds is 1. The summed E-state index contributed by atoms with van der Waals surface area (Å²) in [6, 6.07) is 3.59. The van der Waals surface area contributed by atoms with Gasteiger partial charge in [-0.25, -0.2) is 4.99 Å². The first-order valence-corrected chi connectivity index (χ1v) is 5.47. The molecule has 0 saturated carbocycles. The fourth-order valence-corrected chi connectivity index (χ4v) is 1.59. The molecule has 0 fully saturated rings. The highest BCUT2D eigenvalue weighted by Crippen LogP contribution is 2.34. The zero-order valence-corrected chi connectivity index (χ0v) is 10.9. The summed E-state index contributed by atoms with van der Waals surface area (Å²) in [7, 11) is 0. The number of aliphatic imine (C=N–C) groups is 2. The van der Waals surface area contributed by atoms with Crippen molar-refractivity contribution in [1.82, 2.24) is 0 Å². The highest BCUT2D eigenvalue weighted by Gasteiger charge is 2.06. The van der Waals surface area contributed by atoms with Gasteiger partial charge in [0.1, 0.15) is 0 Å². The Kier molecular flexibility index (Phi) is 4.14.